The van der Waals surface area contributed by atoms with E-state index in [1.54, 1.807) is 0 Å². The summed E-state index contributed by atoms with van der Waals surface area (Å²) in [7, 11) is 0. The summed E-state index contributed by atoms with van der Waals surface area (Å²) in [6.07, 6.45) is 0. The molecule has 1 aliphatic rings. The Labute approximate surface area is 112 Å². The van der Waals surface area contributed by atoms with Gasteiger partial charge < -0.3 is 4.90 Å². The molecule has 0 saturated carbocycles. The number of benzene rings is 2. The molecule has 0 N–H and O–H groups in total. The molecule has 0 spiro atoms. The van der Waals surface area contributed by atoms with Crippen LogP contribution in [0.5, 0.6) is 0 Å². The minimum atomic E-state index is 1.00. The van der Waals surface area contributed by atoms with Crippen molar-refractivity contribution in [1.82, 2.24) is 0 Å². The monoisotopic (exact) mass is 253 g/mol. The van der Waals surface area contributed by atoms with Gasteiger partial charge in [-0.05, 0) is 24.6 Å². The third-order valence-corrected chi connectivity index (χ3v) is 4.14. The Balaban J connectivity index is 2.03. The number of hydrogen-bond donors (Lipinski definition) is 0. The molecule has 90 valence electrons. The smallest absolute Gasteiger partial charge is 0.0732 e. The van der Waals surface area contributed by atoms with E-state index in [0.29, 0.717) is 0 Å². The normalized spacial score (nSPS) is 15.3. The molecular formula is C16H15NS. The number of thioether (sulfide) groups is 1. The van der Waals surface area contributed by atoms with Crippen molar-refractivity contribution in [3.8, 4) is 0 Å². The molecule has 3 rings (SSSR count). The molecule has 2 heteroatoms. The van der Waals surface area contributed by atoms with Crippen LogP contribution < -0.4 is 4.90 Å². The third kappa shape index (κ3) is 2.04. The predicted octanol–water partition coefficient (Wildman–Crippen LogP) is 4.59. The predicted molar refractivity (Wildman–Crippen MR) is 80.4 cm³/mol. The zero-order valence-electron chi connectivity index (χ0n) is 10.3. The minimum Gasteiger partial charge on any atom is -0.330 e. The average molecular weight is 253 g/mol. The molecule has 2 aromatic rings. The van der Waals surface area contributed by atoms with Crippen molar-refractivity contribution in [2.24, 2.45) is 0 Å². The second-order valence-electron chi connectivity index (χ2n) is 4.31. The fourth-order valence-corrected chi connectivity index (χ4v) is 3.22. The number of anilines is 1. The van der Waals surface area contributed by atoms with Crippen LogP contribution in [0.1, 0.15) is 12.5 Å². The second-order valence-corrected chi connectivity index (χ2v) is 5.47. The van der Waals surface area contributed by atoms with Crippen LogP contribution in [0.3, 0.4) is 0 Å². The van der Waals surface area contributed by atoms with Gasteiger partial charge in [0.2, 0.25) is 0 Å². The van der Waals surface area contributed by atoms with Crippen molar-refractivity contribution in [2.75, 3.05) is 10.8 Å². The molecule has 1 aliphatic heterocycles. The number of para-hydroxylation sites is 1. The highest BCUT2D eigenvalue weighted by atomic mass is 32.2. The van der Waals surface area contributed by atoms with E-state index in [1.165, 1.54) is 21.9 Å². The van der Waals surface area contributed by atoms with Gasteiger partial charge in [0, 0.05) is 10.6 Å². The highest BCUT2D eigenvalue weighted by molar-refractivity contribution is 8.03. The van der Waals surface area contributed by atoms with E-state index in [2.05, 4.69) is 72.5 Å². The Hall–Kier alpha value is -1.67. The molecule has 0 atom stereocenters. The molecule has 18 heavy (non-hydrogen) atoms. The third-order valence-electron chi connectivity index (χ3n) is 3.13. The maximum atomic E-state index is 2.38. The lowest BCUT2D eigenvalue weighted by molar-refractivity contribution is 1.20. The molecule has 0 unspecified atom stereocenters. The van der Waals surface area contributed by atoms with Gasteiger partial charge in [-0.15, -0.1) is 11.8 Å². The summed E-state index contributed by atoms with van der Waals surface area (Å²) in [6.45, 7) is 2.20. The Morgan fingerprint density at radius 3 is 2.17 bits per heavy atom. The van der Waals surface area contributed by atoms with E-state index in [-0.39, 0.29) is 0 Å². The van der Waals surface area contributed by atoms with Crippen LogP contribution in [0.4, 0.5) is 5.69 Å². The van der Waals surface area contributed by atoms with Crippen LogP contribution in [0.15, 0.2) is 65.6 Å². The van der Waals surface area contributed by atoms with Gasteiger partial charge in [-0.2, -0.15) is 0 Å². The highest BCUT2D eigenvalue weighted by Gasteiger charge is 2.22. The first-order valence-electron chi connectivity index (χ1n) is 6.08. The van der Waals surface area contributed by atoms with E-state index in [1.807, 2.05) is 11.8 Å². The standard InChI is InChI=1S/C16H15NS/c1-13-16(14-8-4-2-5-9-14)17(12-18-13)15-10-6-3-7-11-15/h2-11H,12H2,1H3. The molecule has 0 fully saturated rings. The summed E-state index contributed by atoms with van der Waals surface area (Å²) in [4.78, 5) is 3.78. The molecule has 0 radical (unpaired) electrons. The number of rotatable bonds is 2. The lowest BCUT2D eigenvalue weighted by atomic mass is 10.1. The lowest BCUT2D eigenvalue weighted by Crippen LogP contribution is -2.16. The first-order valence-corrected chi connectivity index (χ1v) is 7.06. The summed E-state index contributed by atoms with van der Waals surface area (Å²) < 4.78 is 0. The second kappa shape index (κ2) is 4.91. The number of nitrogens with zero attached hydrogens (tertiary/aromatic N) is 1. The fourth-order valence-electron chi connectivity index (χ4n) is 2.25. The zero-order chi connectivity index (χ0) is 12.4. The van der Waals surface area contributed by atoms with Crippen molar-refractivity contribution in [3.05, 3.63) is 71.1 Å². The summed E-state index contributed by atoms with van der Waals surface area (Å²) in [5.74, 6) is 1.00. The first-order chi connectivity index (χ1) is 8.86. The zero-order valence-corrected chi connectivity index (χ0v) is 11.2. The first kappa shape index (κ1) is 11.4. The summed E-state index contributed by atoms with van der Waals surface area (Å²) in [6, 6.07) is 21.2. The van der Waals surface area contributed by atoms with Crippen molar-refractivity contribution in [1.29, 1.82) is 0 Å². The maximum Gasteiger partial charge on any atom is 0.0732 e. The number of allylic oxidation sites excluding steroid dienone is 1. The largest absolute Gasteiger partial charge is 0.330 e. The molecule has 0 aromatic heterocycles. The summed E-state index contributed by atoms with van der Waals surface area (Å²) >= 11 is 1.91. The van der Waals surface area contributed by atoms with Gasteiger partial charge in [0.1, 0.15) is 0 Å². The van der Waals surface area contributed by atoms with Crippen LogP contribution in [0.25, 0.3) is 5.70 Å². The fraction of sp³-hybridized carbons (Fsp3) is 0.125. The van der Waals surface area contributed by atoms with E-state index in [4.69, 9.17) is 0 Å². The lowest BCUT2D eigenvalue weighted by Gasteiger charge is -2.22. The van der Waals surface area contributed by atoms with Crippen molar-refractivity contribution in [2.45, 2.75) is 6.92 Å². The van der Waals surface area contributed by atoms with E-state index >= 15 is 0 Å². The minimum absolute atomic E-state index is 1.00. The Morgan fingerprint density at radius 1 is 0.889 bits per heavy atom. The summed E-state index contributed by atoms with van der Waals surface area (Å²) in [5, 5.41) is 0. The Kier molecular flexibility index (Phi) is 3.11. The van der Waals surface area contributed by atoms with E-state index < -0.39 is 0 Å². The maximum absolute atomic E-state index is 2.38. The molecular weight excluding hydrogens is 238 g/mol. The molecule has 0 amide bonds. The van der Waals surface area contributed by atoms with Gasteiger partial charge in [0.05, 0.1) is 11.6 Å². The molecule has 0 saturated heterocycles. The Morgan fingerprint density at radius 2 is 1.50 bits per heavy atom. The molecule has 0 bridgehead atoms. The van der Waals surface area contributed by atoms with Gasteiger partial charge >= 0.3 is 0 Å². The SMILES string of the molecule is CC1=C(c2ccccc2)N(c2ccccc2)CS1. The molecule has 1 heterocycles. The van der Waals surface area contributed by atoms with Gasteiger partial charge in [0.25, 0.3) is 0 Å². The topological polar surface area (TPSA) is 3.24 Å². The van der Waals surface area contributed by atoms with Crippen LogP contribution in [0.2, 0.25) is 0 Å². The Bertz CT molecular complexity index is 560. The van der Waals surface area contributed by atoms with E-state index in [0.717, 1.165) is 5.88 Å². The molecule has 0 aliphatic carbocycles. The molecule has 1 nitrogen and oxygen atoms in total. The number of hydrogen-bond acceptors (Lipinski definition) is 2. The van der Waals surface area contributed by atoms with Gasteiger partial charge in [-0.25, -0.2) is 0 Å². The van der Waals surface area contributed by atoms with E-state index in [9.17, 15) is 0 Å². The van der Waals surface area contributed by atoms with Crippen LogP contribution in [-0.4, -0.2) is 5.88 Å². The van der Waals surface area contributed by atoms with Gasteiger partial charge in [-0.1, -0.05) is 48.5 Å². The highest BCUT2D eigenvalue weighted by Crippen LogP contribution is 2.40. The van der Waals surface area contributed by atoms with Crippen LogP contribution in [-0.2, 0) is 0 Å². The van der Waals surface area contributed by atoms with Gasteiger partial charge in [0.15, 0.2) is 0 Å². The van der Waals surface area contributed by atoms with Crippen LogP contribution in [0, 0.1) is 0 Å². The van der Waals surface area contributed by atoms with Crippen LogP contribution >= 0.6 is 11.8 Å². The average Bonchev–Trinajstić information content (AvgIpc) is 2.83. The van der Waals surface area contributed by atoms with Gasteiger partial charge in [-0.3, -0.25) is 0 Å². The summed E-state index contributed by atoms with van der Waals surface area (Å²) in [5.41, 5.74) is 3.90. The van der Waals surface area contributed by atoms with Crippen molar-refractivity contribution < 1.29 is 0 Å². The quantitative estimate of drug-likeness (QED) is 0.770. The van der Waals surface area contributed by atoms with Crippen molar-refractivity contribution >= 4 is 23.1 Å². The van der Waals surface area contributed by atoms with Crippen molar-refractivity contribution in [3.63, 3.8) is 0 Å². The molecule has 2 aromatic carbocycles.